The number of sulfonamides is 1. The molecule has 3 aromatic rings. The SMILES string of the molecule is O=C(Nc1ccccc1Nc1ccccc1)c1ccc(S(=O)(=O)NC2CC2)cc1. The van der Waals surface area contributed by atoms with Crippen molar-refractivity contribution in [2.75, 3.05) is 10.6 Å². The summed E-state index contributed by atoms with van der Waals surface area (Å²) in [6.07, 6.45) is 1.74. The number of amides is 1. The summed E-state index contributed by atoms with van der Waals surface area (Å²) in [6, 6.07) is 23.0. The van der Waals surface area contributed by atoms with Gasteiger partial charge in [-0.2, -0.15) is 0 Å². The van der Waals surface area contributed by atoms with Gasteiger partial charge in [-0.1, -0.05) is 30.3 Å². The smallest absolute Gasteiger partial charge is 0.255 e. The van der Waals surface area contributed by atoms with Gasteiger partial charge in [0, 0.05) is 17.3 Å². The molecule has 29 heavy (non-hydrogen) atoms. The van der Waals surface area contributed by atoms with Gasteiger partial charge in [0.2, 0.25) is 10.0 Å². The third-order valence-corrected chi connectivity index (χ3v) is 6.09. The van der Waals surface area contributed by atoms with Gasteiger partial charge >= 0.3 is 0 Å². The first-order valence-corrected chi connectivity index (χ1v) is 10.8. The Labute approximate surface area is 170 Å². The van der Waals surface area contributed by atoms with E-state index in [1.54, 1.807) is 0 Å². The van der Waals surface area contributed by atoms with Crippen molar-refractivity contribution in [3.63, 3.8) is 0 Å². The van der Waals surface area contributed by atoms with E-state index < -0.39 is 10.0 Å². The van der Waals surface area contributed by atoms with Crippen LogP contribution in [0.2, 0.25) is 0 Å². The number of anilines is 3. The molecule has 0 bridgehead atoms. The Bertz CT molecular complexity index is 1110. The molecule has 1 aliphatic carbocycles. The molecule has 0 aromatic heterocycles. The van der Waals surface area contributed by atoms with Gasteiger partial charge in [0.15, 0.2) is 0 Å². The highest BCUT2D eigenvalue weighted by Crippen LogP contribution is 2.26. The standard InChI is InChI=1S/C22H21N3O3S/c26-22(16-10-14-19(15-11-16)29(27,28)25-18-12-13-18)24-21-9-5-4-8-20(21)23-17-6-2-1-3-7-17/h1-11,14-15,18,23,25H,12-13H2,(H,24,26). The molecule has 3 aromatic carbocycles. The predicted molar refractivity (Wildman–Crippen MR) is 114 cm³/mol. The van der Waals surface area contributed by atoms with Gasteiger partial charge < -0.3 is 10.6 Å². The van der Waals surface area contributed by atoms with Gasteiger partial charge in [-0.25, -0.2) is 13.1 Å². The van der Waals surface area contributed by atoms with Gasteiger partial charge in [-0.15, -0.1) is 0 Å². The molecular formula is C22H21N3O3S. The molecule has 1 aliphatic rings. The average Bonchev–Trinajstić information content (AvgIpc) is 3.54. The van der Waals surface area contributed by atoms with Crippen LogP contribution in [0, 0.1) is 0 Å². The first kappa shape index (κ1) is 19.2. The number of rotatable bonds is 7. The molecule has 6 nitrogen and oxygen atoms in total. The van der Waals surface area contributed by atoms with Crippen LogP contribution in [-0.2, 0) is 10.0 Å². The number of benzene rings is 3. The molecule has 3 N–H and O–H groups in total. The topological polar surface area (TPSA) is 87.3 Å². The first-order valence-electron chi connectivity index (χ1n) is 9.36. The third-order valence-electron chi connectivity index (χ3n) is 4.55. The maximum absolute atomic E-state index is 12.7. The monoisotopic (exact) mass is 407 g/mol. The first-order chi connectivity index (χ1) is 14.0. The maximum atomic E-state index is 12.7. The summed E-state index contributed by atoms with van der Waals surface area (Å²) >= 11 is 0. The van der Waals surface area contributed by atoms with Gasteiger partial charge in [0.25, 0.3) is 5.91 Å². The van der Waals surface area contributed by atoms with Crippen LogP contribution in [0.5, 0.6) is 0 Å². The number of carbonyl (C=O) groups excluding carboxylic acids is 1. The summed E-state index contributed by atoms with van der Waals surface area (Å²) in [5.74, 6) is -0.314. The normalized spacial score (nSPS) is 13.7. The molecule has 1 saturated carbocycles. The van der Waals surface area contributed by atoms with E-state index in [1.807, 2.05) is 54.6 Å². The molecule has 0 radical (unpaired) electrons. The molecule has 1 amide bonds. The van der Waals surface area contributed by atoms with E-state index in [-0.39, 0.29) is 16.8 Å². The summed E-state index contributed by atoms with van der Waals surface area (Å²) in [5.41, 5.74) is 2.69. The molecule has 0 aliphatic heterocycles. The molecule has 0 heterocycles. The zero-order valence-electron chi connectivity index (χ0n) is 15.6. The van der Waals surface area contributed by atoms with Crippen molar-refractivity contribution in [3.8, 4) is 0 Å². The lowest BCUT2D eigenvalue weighted by atomic mass is 10.2. The van der Waals surface area contributed by atoms with Crippen molar-refractivity contribution in [3.05, 3.63) is 84.4 Å². The number of para-hydroxylation sites is 3. The van der Waals surface area contributed by atoms with Crippen LogP contribution < -0.4 is 15.4 Å². The highest BCUT2D eigenvalue weighted by atomic mass is 32.2. The molecule has 1 fully saturated rings. The van der Waals surface area contributed by atoms with Crippen molar-refractivity contribution in [1.82, 2.24) is 4.72 Å². The number of hydrogen-bond acceptors (Lipinski definition) is 4. The Hall–Kier alpha value is -3.16. The molecule has 0 atom stereocenters. The molecule has 0 saturated heterocycles. The van der Waals surface area contributed by atoms with E-state index in [1.165, 1.54) is 24.3 Å². The lowest BCUT2D eigenvalue weighted by Gasteiger charge is -2.13. The van der Waals surface area contributed by atoms with Crippen LogP contribution >= 0.6 is 0 Å². The van der Waals surface area contributed by atoms with Crippen LogP contribution in [0.25, 0.3) is 0 Å². The van der Waals surface area contributed by atoms with Crippen molar-refractivity contribution in [2.24, 2.45) is 0 Å². The minimum atomic E-state index is -3.53. The lowest BCUT2D eigenvalue weighted by molar-refractivity contribution is 0.102. The molecule has 148 valence electrons. The Morgan fingerprint density at radius 3 is 2.07 bits per heavy atom. The fourth-order valence-electron chi connectivity index (χ4n) is 2.85. The van der Waals surface area contributed by atoms with Crippen molar-refractivity contribution in [2.45, 2.75) is 23.8 Å². The van der Waals surface area contributed by atoms with Crippen molar-refractivity contribution < 1.29 is 13.2 Å². The maximum Gasteiger partial charge on any atom is 0.255 e. The van der Waals surface area contributed by atoms with E-state index >= 15 is 0 Å². The zero-order valence-corrected chi connectivity index (χ0v) is 16.4. The molecule has 0 spiro atoms. The van der Waals surface area contributed by atoms with Crippen LogP contribution in [0.1, 0.15) is 23.2 Å². The Kier molecular flexibility index (Phi) is 5.33. The highest BCUT2D eigenvalue weighted by molar-refractivity contribution is 7.89. The Morgan fingerprint density at radius 2 is 1.41 bits per heavy atom. The fourth-order valence-corrected chi connectivity index (χ4v) is 4.15. The van der Waals surface area contributed by atoms with E-state index in [0.29, 0.717) is 11.3 Å². The third kappa shape index (κ3) is 4.82. The largest absolute Gasteiger partial charge is 0.354 e. The second kappa shape index (κ2) is 8.06. The summed E-state index contributed by atoms with van der Waals surface area (Å²) < 4.78 is 27.1. The number of nitrogens with one attached hydrogen (secondary N) is 3. The summed E-state index contributed by atoms with van der Waals surface area (Å²) in [5, 5.41) is 6.16. The summed E-state index contributed by atoms with van der Waals surface area (Å²) in [7, 11) is -3.53. The van der Waals surface area contributed by atoms with E-state index in [2.05, 4.69) is 15.4 Å². The van der Waals surface area contributed by atoms with E-state index in [0.717, 1.165) is 24.2 Å². The fraction of sp³-hybridized carbons (Fsp3) is 0.136. The quantitative estimate of drug-likeness (QED) is 0.550. The minimum Gasteiger partial charge on any atom is -0.354 e. The molecule has 0 unspecified atom stereocenters. The van der Waals surface area contributed by atoms with Gasteiger partial charge in [0.05, 0.1) is 16.3 Å². The minimum absolute atomic E-state index is 0.0385. The summed E-state index contributed by atoms with van der Waals surface area (Å²) in [6.45, 7) is 0. The predicted octanol–water partition coefficient (Wildman–Crippen LogP) is 4.12. The van der Waals surface area contributed by atoms with Gasteiger partial charge in [0.1, 0.15) is 0 Å². The molecule has 7 heteroatoms. The second-order valence-electron chi connectivity index (χ2n) is 6.91. The van der Waals surface area contributed by atoms with E-state index in [4.69, 9.17) is 0 Å². The molecular weight excluding hydrogens is 386 g/mol. The second-order valence-corrected chi connectivity index (χ2v) is 8.62. The number of carbonyl (C=O) groups is 1. The van der Waals surface area contributed by atoms with Crippen LogP contribution in [0.3, 0.4) is 0 Å². The Balaban J connectivity index is 1.48. The van der Waals surface area contributed by atoms with Crippen LogP contribution in [-0.4, -0.2) is 20.4 Å². The van der Waals surface area contributed by atoms with Crippen molar-refractivity contribution in [1.29, 1.82) is 0 Å². The van der Waals surface area contributed by atoms with E-state index in [9.17, 15) is 13.2 Å². The van der Waals surface area contributed by atoms with Crippen LogP contribution in [0.4, 0.5) is 17.1 Å². The number of hydrogen-bond donors (Lipinski definition) is 3. The Morgan fingerprint density at radius 1 is 0.793 bits per heavy atom. The highest BCUT2D eigenvalue weighted by Gasteiger charge is 2.28. The van der Waals surface area contributed by atoms with Crippen molar-refractivity contribution >= 4 is 33.0 Å². The molecule has 4 rings (SSSR count). The zero-order chi connectivity index (χ0) is 20.3. The summed E-state index contributed by atoms with van der Waals surface area (Å²) in [4.78, 5) is 12.8. The van der Waals surface area contributed by atoms with Gasteiger partial charge in [-0.05, 0) is 61.4 Å². The van der Waals surface area contributed by atoms with Crippen LogP contribution in [0.15, 0.2) is 83.8 Å². The average molecular weight is 407 g/mol. The van der Waals surface area contributed by atoms with Gasteiger partial charge in [-0.3, -0.25) is 4.79 Å². The lowest BCUT2D eigenvalue weighted by Crippen LogP contribution is -2.25.